The minimum absolute atomic E-state index is 0.0569. The molecule has 0 saturated heterocycles. The van der Waals surface area contributed by atoms with Gasteiger partial charge in [-0.1, -0.05) is 22.0 Å². The number of carbonyl (C=O) groups excluding carboxylic acids is 2. The van der Waals surface area contributed by atoms with E-state index in [1.807, 2.05) is 25.1 Å². The molecule has 0 unspecified atom stereocenters. The molecule has 0 aromatic heterocycles. The van der Waals surface area contributed by atoms with Gasteiger partial charge in [0.1, 0.15) is 5.88 Å². The van der Waals surface area contributed by atoms with Crippen LogP contribution in [0, 0.1) is 6.92 Å². The highest BCUT2D eigenvalue weighted by Crippen LogP contribution is 2.15. The number of aryl methyl sites for hydroxylation is 1. The van der Waals surface area contributed by atoms with Crippen LogP contribution in [-0.2, 0) is 16.1 Å². The highest BCUT2D eigenvalue weighted by atomic mass is 79.9. The van der Waals surface area contributed by atoms with Gasteiger partial charge in [0.2, 0.25) is 11.8 Å². The monoisotopic (exact) mass is 332 g/mol. The Hall–Kier alpha value is -1.07. The van der Waals surface area contributed by atoms with Crippen molar-refractivity contribution in [2.24, 2.45) is 0 Å². The minimum atomic E-state index is -0.356. The first-order valence-corrected chi connectivity index (χ1v) is 6.70. The average molecular weight is 334 g/mol. The fourth-order valence-electron chi connectivity index (χ4n) is 1.31. The van der Waals surface area contributed by atoms with E-state index in [1.54, 1.807) is 0 Å². The van der Waals surface area contributed by atoms with Crippen molar-refractivity contribution >= 4 is 39.3 Å². The summed E-state index contributed by atoms with van der Waals surface area (Å²) in [5.41, 5.74) is 2.13. The maximum Gasteiger partial charge on any atom is 0.239 e. The van der Waals surface area contributed by atoms with Gasteiger partial charge in [-0.25, -0.2) is 0 Å². The van der Waals surface area contributed by atoms with E-state index >= 15 is 0 Å². The standard InChI is InChI=1S/C12H14BrClN2O2/c1-8-2-3-10(13)4-9(8)6-15-12(18)7-16-11(17)5-14/h2-4H,5-7H2,1H3,(H,15,18)(H,16,17). The number of nitrogens with one attached hydrogen (secondary N) is 2. The molecule has 18 heavy (non-hydrogen) atoms. The third-order valence-corrected chi connectivity index (χ3v) is 3.09. The van der Waals surface area contributed by atoms with Crippen LogP contribution in [0.1, 0.15) is 11.1 Å². The second-order valence-corrected chi connectivity index (χ2v) is 4.94. The van der Waals surface area contributed by atoms with Crippen LogP contribution < -0.4 is 10.6 Å². The van der Waals surface area contributed by atoms with Crippen LogP contribution in [0.4, 0.5) is 0 Å². The van der Waals surface area contributed by atoms with E-state index in [2.05, 4.69) is 26.6 Å². The zero-order chi connectivity index (χ0) is 13.5. The molecular formula is C12H14BrClN2O2. The van der Waals surface area contributed by atoms with E-state index in [0.29, 0.717) is 6.54 Å². The molecule has 0 radical (unpaired) electrons. The molecule has 98 valence electrons. The summed E-state index contributed by atoms with van der Waals surface area (Å²) < 4.78 is 0.966. The Labute approximate surface area is 119 Å². The van der Waals surface area contributed by atoms with Crippen LogP contribution in [0.2, 0.25) is 0 Å². The quantitative estimate of drug-likeness (QED) is 0.806. The molecule has 2 amide bonds. The zero-order valence-corrected chi connectivity index (χ0v) is 12.3. The number of alkyl halides is 1. The maximum atomic E-state index is 11.5. The van der Waals surface area contributed by atoms with Crippen molar-refractivity contribution in [3.8, 4) is 0 Å². The zero-order valence-electron chi connectivity index (χ0n) is 9.93. The summed E-state index contributed by atoms with van der Waals surface area (Å²) in [6.45, 7) is 2.35. The third-order valence-electron chi connectivity index (χ3n) is 2.35. The van der Waals surface area contributed by atoms with Gasteiger partial charge in [-0.3, -0.25) is 9.59 Å². The normalized spacial score (nSPS) is 9.94. The van der Waals surface area contributed by atoms with E-state index in [-0.39, 0.29) is 24.2 Å². The Morgan fingerprint density at radius 1 is 1.28 bits per heavy atom. The van der Waals surface area contributed by atoms with Crippen molar-refractivity contribution in [2.75, 3.05) is 12.4 Å². The molecule has 0 aliphatic rings. The Morgan fingerprint density at radius 3 is 2.67 bits per heavy atom. The molecule has 0 bridgehead atoms. The van der Waals surface area contributed by atoms with E-state index < -0.39 is 0 Å². The largest absolute Gasteiger partial charge is 0.350 e. The second-order valence-electron chi connectivity index (χ2n) is 3.76. The van der Waals surface area contributed by atoms with Crippen LogP contribution in [0.5, 0.6) is 0 Å². The predicted octanol–water partition coefficient (Wildman–Crippen LogP) is 1.73. The van der Waals surface area contributed by atoms with Crippen molar-refractivity contribution in [3.05, 3.63) is 33.8 Å². The van der Waals surface area contributed by atoms with Gasteiger partial charge in [0.25, 0.3) is 0 Å². The first kappa shape index (κ1) is 15.0. The van der Waals surface area contributed by atoms with Crippen LogP contribution in [0.25, 0.3) is 0 Å². The molecule has 1 aromatic carbocycles. The van der Waals surface area contributed by atoms with Crippen molar-refractivity contribution in [3.63, 3.8) is 0 Å². The number of benzene rings is 1. The first-order valence-electron chi connectivity index (χ1n) is 5.37. The Bertz CT molecular complexity index is 452. The molecule has 0 saturated carbocycles. The van der Waals surface area contributed by atoms with Crippen molar-refractivity contribution < 1.29 is 9.59 Å². The van der Waals surface area contributed by atoms with Gasteiger partial charge in [0.05, 0.1) is 6.54 Å². The minimum Gasteiger partial charge on any atom is -0.350 e. The molecule has 1 aromatic rings. The molecular weight excluding hydrogens is 320 g/mol. The fourth-order valence-corrected chi connectivity index (χ4v) is 1.82. The lowest BCUT2D eigenvalue weighted by Crippen LogP contribution is -2.37. The van der Waals surface area contributed by atoms with Crippen LogP contribution in [0.3, 0.4) is 0 Å². The van der Waals surface area contributed by atoms with Crippen LogP contribution in [0.15, 0.2) is 22.7 Å². The van der Waals surface area contributed by atoms with E-state index in [1.165, 1.54) is 0 Å². The number of halogens is 2. The molecule has 4 nitrogen and oxygen atoms in total. The number of rotatable bonds is 5. The first-order chi connectivity index (χ1) is 8.52. The maximum absolute atomic E-state index is 11.5. The summed E-state index contributed by atoms with van der Waals surface area (Å²) in [7, 11) is 0. The van der Waals surface area contributed by atoms with Gasteiger partial charge in [0, 0.05) is 11.0 Å². The molecule has 1 rings (SSSR count). The van der Waals surface area contributed by atoms with Crippen LogP contribution in [-0.4, -0.2) is 24.2 Å². The summed E-state index contributed by atoms with van der Waals surface area (Å²) in [4.78, 5) is 22.3. The molecule has 0 fully saturated rings. The van der Waals surface area contributed by atoms with Gasteiger partial charge in [-0.2, -0.15) is 0 Å². The third kappa shape index (κ3) is 5.06. The summed E-state index contributed by atoms with van der Waals surface area (Å²) in [5.74, 6) is -0.740. The lowest BCUT2D eigenvalue weighted by atomic mass is 10.1. The SMILES string of the molecule is Cc1ccc(Br)cc1CNC(=O)CNC(=O)CCl. The van der Waals surface area contributed by atoms with Gasteiger partial charge < -0.3 is 10.6 Å². The number of hydrogen-bond donors (Lipinski definition) is 2. The highest BCUT2D eigenvalue weighted by Gasteiger charge is 2.05. The number of amides is 2. The number of hydrogen-bond acceptors (Lipinski definition) is 2. The fraction of sp³-hybridized carbons (Fsp3) is 0.333. The van der Waals surface area contributed by atoms with Crippen molar-refractivity contribution in [1.82, 2.24) is 10.6 Å². The topological polar surface area (TPSA) is 58.2 Å². The highest BCUT2D eigenvalue weighted by molar-refractivity contribution is 9.10. The summed E-state index contributed by atoms with van der Waals surface area (Å²) in [6.07, 6.45) is 0. The van der Waals surface area contributed by atoms with Crippen molar-refractivity contribution in [2.45, 2.75) is 13.5 Å². The van der Waals surface area contributed by atoms with E-state index in [0.717, 1.165) is 15.6 Å². The van der Waals surface area contributed by atoms with Crippen molar-refractivity contribution in [1.29, 1.82) is 0 Å². The predicted molar refractivity (Wildman–Crippen MR) is 74.5 cm³/mol. The lowest BCUT2D eigenvalue weighted by molar-refractivity contribution is -0.124. The molecule has 2 N–H and O–H groups in total. The van der Waals surface area contributed by atoms with E-state index in [4.69, 9.17) is 11.6 Å². The smallest absolute Gasteiger partial charge is 0.239 e. The molecule has 0 spiro atoms. The summed E-state index contributed by atoms with van der Waals surface area (Å²) in [6, 6.07) is 5.87. The molecule has 0 atom stereocenters. The summed E-state index contributed by atoms with van der Waals surface area (Å²) in [5, 5.41) is 5.13. The molecule has 6 heteroatoms. The van der Waals surface area contributed by atoms with Gasteiger partial charge in [-0.05, 0) is 30.2 Å². The van der Waals surface area contributed by atoms with Crippen LogP contribution >= 0.6 is 27.5 Å². The Balaban J connectivity index is 2.42. The molecule has 0 aliphatic carbocycles. The van der Waals surface area contributed by atoms with Gasteiger partial charge in [0.15, 0.2) is 0 Å². The number of carbonyl (C=O) groups is 2. The average Bonchev–Trinajstić information content (AvgIpc) is 2.36. The Kier molecular flexibility index (Phi) is 6.15. The Morgan fingerprint density at radius 2 is 2.00 bits per heavy atom. The second kappa shape index (κ2) is 7.38. The molecule has 0 aliphatic heterocycles. The lowest BCUT2D eigenvalue weighted by Gasteiger charge is -2.09. The van der Waals surface area contributed by atoms with Gasteiger partial charge in [-0.15, -0.1) is 11.6 Å². The molecule has 0 heterocycles. The van der Waals surface area contributed by atoms with Gasteiger partial charge >= 0.3 is 0 Å². The summed E-state index contributed by atoms with van der Waals surface area (Å²) >= 11 is 8.68. The van der Waals surface area contributed by atoms with E-state index in [9.17, 15) is 9.59 Å².